The van der Waals surface area contributed by atoms with Crippen molar-refractivity contribution in [2.45, 2.75) is 19.6 Å². The summed E-state index contributed by atoms with van der Waals surface area (Å²) >= 11 is 0. The van der Waals surface area contributed by atoms with Gasteiger partial charge in [-0.15, -0.1) is 0 Å². The molecule has 0 radical (unpaired) electrons. The quantitative estimate of drug-likeness (QED) is 0.298. The minimum Gasteiger partial charge on any atom is -0.288 e. The van der Waals surface area contributed by atoms with Crippen LogP contribution in [0.3, 0.4) is 0 Å². The zero-order chi connectivity index (χ0) is 21.3. The van der Waals surface area contributed by atoms with Crippen molar-refractivity contribution in [1.82, 2.24) is 0 Å². The van der Waals surface area contributed by atoms with E-state index in [1.54, 1.807) is 0 Å². The molecular formula is C27H24O2Si. The van der Waals surface area contributed by atoms with Gasteiger partial charge >= 0.3 is 0 Å². The van der Waals surface area contributed by atoms with E-state index in [-0.39, 0.29) is 11.6 Å². The van der Waals surface area contributed by atoms with E-state index in [2.05, 4.69) is 19.6 Å². The van der Waals surface area contributed by atoms with Crippen LogP contribution in [0.5, 0.6) is 0 Å². The average Bonchev–Trinajstić information content (AvgIpc) is 3.00. The largest absolute Gasteiger partial charge is 0.288 e. The molecule has 148 valence electrons. The Bertz CT molecular complexity index is 1100. The van der Waals surface area contributed by atoms with E-state index in [0.29, 0.717) is 16.7 Å². The van der Waals surface area contributed by atoms with E-state index in [9.17, 15) is 9.59 Å². The highest BCUT2D eigenvalue weighted by atomic mass is 28.3. The average molecular weight is 409 g/mol. The Morgan fingerprint density at radius 2 is 0.933 bits per heavy atom. The zero-order valence-corrected chi connectivity index (χ0v) is 18.5. The number of ketones is 2. The second kappa shape index (κ2) is 7.85. The van der Waals surface area contributed by atoms with Crippen LogP contribution in [0.1, 0.15) is 16.7 Å². The van der Waals surface area contributed by atoms with Gasteiger partial charge in [0.05, 0.1) is 13.6 Å². The van der Waals surface area contributed by atoms with Crippen molar-refractivity contribution in [3.63, 3.8) is 0 Å². The molecule has 0 aromatic heterocycles. The number of carbonyl (C=O) groups is 2. The van der Waals surface area contributed by atoms with E-state index in [1.165, 1.54) is 0 Å². The van der Waals surface area contributed by atoms with Crippen LogP contribution in [-0.4, -0.2) is 19.6 Å². The smallest absolute Gasteiger partial charge is 0.198 e. The number of rotatable bonds is 4. The van der Waals surface area contributed by atoms with Gasteiger partial charge in [0.15, 0.2) is 11.6 Å². The van der Waals surface area contributed by atoms with Crippen molar-refractivity contribution >= 4 is 36.0 Å². The lowest BCUT2D eigenvalue weighted by Gasteiger charge is -2.23. The van der Waals surface area contributed by atoms with Crippen LogP contribution in [0.2, 0.25) is 19.6 Å². The Hall–Kier alpha value is -3.30. The molecule has 0 heterocycles. The lowest BCUT2D eigenvalue weighted by molar-refractivity contribution is -0.114. The van der Waals surface area contributed by atoms with Crippen molar-refractivity contribution in [3.8, 4) is 0 Å². The fourth-order valence-corrected chi connectivity index (χ4v) is 6.13. The fraction of sp³-hybridized carbons (Fsp3) is 0.111. The van der Waals surface area contributed by atoms with Crippen molar-refractivity contribution in [2.24, 2.45) is 0 Å². The number of benzene rings is 3. The molecule has 3 heteroatoms. The van der Waals surface area contributed by atoms with Gasteiger partial charge in [-0.05, 0) is 21.9 Å². The van der Waals surface area contributed by atoms with Crippen LogP contribution in [0, 0.1) is 0 Å². The van der Waals surface area contributed by atoms with Crippen LogP contribution < -0.4 is 0 Å². The van der Waals surface area contributed by atoms with Gasteiger partial charge in [-0.2, -0.15) is 0 Å². The van der Waals surface area contributed by atoms with Gasteiger partial charge < -0.3 is 0 Å². The third-order valence-electron chi connectivity index (χ3n) is 5.35. The van der Waals surface area contributed by atoms with Gasteiger partial charge in [0.1, 0.15) is 0 Å². The van der Waals surface area contributed by atoms with Crippen LogP contribution in [0.25, 0.3) is 16.3 Å². The summed E-state index contributed by atoms with van der Waals surface area (Å²) in [4.78, 5) is 27.7. The molecule has 2 nitrogen and oxygen atoms in total. The highest BCUT2D eigenvalue weighted by Gasteiger charge is 2.41. The lowest BCUT2D eigenvalue weighted by atomic mass is 9.96. The van der Waals surface area contributed by atoms with Crippen molar-refractivity contribution in [2.75, 3.05) is 0 Å². The highest BCUT2D eigenvalue weighted by Crippen LogP contribution is 2.42. The first kappa shape index (κ1) is 20.0. The Labute approximate surface area is 178 Å². The molecule has 3 aromatic carbocycles. The molecule has 0 N–H and O–H groups in total. The van der Waals surface area contributed by atoms with Crippen molar-refractivity contribution < 1.29 is 9.59 Å². The number of carbonyl (C=O) groups excluding carboxylic acids is 2. The molecule has 0 bridgehead atoms. The van der Waals surface area contributed by atoms with E-state index in [4.69, 9.17) is 0 Å². The van der Waals surface area contributed by atoms with Gasteiger partial charge in [-0.25, -0.2) is 0 Å². The van der Waals surface area contributed by atoms with Crippen LogP contribution in [-0.2, 0) is 9.59 Å². The first-order valence-electron chi connectivity index (χ1n) is 10.1. The molecule has 0 spiro atoms. The Kier molecular flexibility index (Phi) is 5.23. The molecule has 4 rings (SSSR count). The standard InChI is InChI=1S/C27H24O2Si/c1-30(2,3)27(21-17-11-6-12-18-21)24-25(28)22(19-13-7-4-8-14-19)23(26(24)29)20-15-9-5-10-16-20/h4-18H,1-3H3. The summed E-state index contributed by atoms with van der Waals surface area (Å²) in [5.41, 5.74) is 3.90. The summed E-state index contributed by atoms with van der Waals surface area (Å²) < 4.78 is 0. The first-order chi connectivity index (χ1) is 14.4. The Morgan fingerprint density at radius 3 is 1.30 bits per heavy atom. The van der Waals surface area contributed by atoms with Gasteiger partial charge in [0, 0.05) is 11.1 Å². The van der Waals surface area contributed by atoms with Crippen molar-refractivity contribution in [1.29, 1.82) is 0 Å². The molecule has 0 amide bonds. The Balaban J connectivity index is 2.04. The first-order valence-corrected chi connectivity index (χ1v) is 13.6. The number of Topliss-reactive ketones (excluding diaryl/α,β-unsaturated/α-hetero) is 2. The van der Waals surface area contributed by atoms with Gasteiger partial charge in [-0.1, -0.05) is 111 Å². The topological polar surface area (TPSA) is 34.1 Å². The summed E-state index contributed by atoms with van der Waals surface area (Å²) in [6.07, 6.45) is 0. The normalized spacial score (nSPS) is 14.4. The molecular weight excluding hydrogens is 384 g/mol. The molecule has 0 fully saturated rings. The molecule has 30 heavy (non-hydrogen) atoms. The van der Waals surface area contributed by atoms with Gasteiger partial charge in [0.25, 0.3) is 0 Å². The molecule has 0 saturated carbocycles. The lowest BCUT2D eigenvalue weighted by Crippen LogP contribution is -2.27. The maximum absolute atomic E-state index is 13.8. The summed E-state index contributed by atoms with van der Waals surface area (Å²) in [5.74, 6) is -0.322. The molecule has 1 aliphatic carbocycles. The summed E-state index contributed by atoms with van der Waals surface area (Å²) in [6, 6.07) is 29.0. The van der Waals surface area contributed by atoms with Crippen molar-refractivity contribution in [3.05, 3.63) is 113 Å². The molecule has 0 atom stereocenters. The predicted octanol–water partition coefficient (Wildman–Crippen LogP) is 6.08. The molecule has 0 saturated heterocycles. The molecule has 3 aromatic rings. The second-order valence-electron chi connectivity index (χ2n) is 8.51. The Morgan fingerprint density at radius 1 is 0.567 bits per heavy atom. The van der Waals surface area contributed by atoms with Gasteiger partial charge in [-0.3, -0.25) is 9.59 Å². The number of hydrogen-bond donors (Lipinski definition) is 0. The SMILES string of the molecule is C[Si](C)(C)C(=C1C(=O)C(c2ccccc2)=C(c2ccccc2)C1=O)c1ccccc1. The summed E-state index contributed by atoms with van der Waals surface area (Å²) in [6.45, 7) is 6.56. The molecule has 1 aliphatic rings. The monoisotopic (exact) mass is 408 g/mol. The van der Waals surface area contributed by atoms with E-state index >= 15 is 0 Å². The molecule has 0 aliphatic heterocycles. The van der Waals surface area contributed by atoms with Gasteiger partial charge in [0.2, 0.25) is 0 Å². The maximum Gasteiger partial charge on any atom is 0.198 e. The highest BCUT2D eigenvalue weighted by molar-refractivity contribution is 6.95. The molecule has 0 unspecified atom stereocenters. The number of hydrogen-bond acceptors (Lipinski definition) is 2. The minimum absolute atomic E-state index is 0.161. The van der Waals surface area contributed by atoms with Crippen LogP contribution in [0.15, 0.2) is 96.6 Å². The third kappa shape index (κ3) is 3.53. The maximum atomic E-state index is 13.8. The van der Waals surface area contributed by atoms with Crippen LogP contribution in [0.4, 0.5) is 0 Å². The minimum atomic E-state index is -2.03. The second-order valence-corrected chi connectivity index (χ2v) is 13.5. The zero-order valence-electron chi connectivity index (χ0n) is 17.5. The fourth-order valence-electron chi connectivity index (χ4n) is 4.12. The van der Waals surface area contributed by atoms with E-state index in [1.807, 2.05) is 91.0 Å². The van der Waals surface area contributed by atoms with Crippen LogP contribution >= 0.6 is 0 Å². The summed E-state index contributed by atoms with van der Waals surface area (Å²) in [5, 5.41) is 0.928. The van der Waals surface area contributed by atoms with E-state index in [0.717, 1.165) is 21.9 Å². The predicted molar refractivity (Wildman–Crippen MR) is 126 cm³/mol. The third-order valence-corrected chi connectivity index (χ3v) is 7.38. The summed E-state index contributed by atoms with van der Waals surface area (Å²) in [7, 11) is -2.03. The number of allylic oxidation sites excluding steroid dienone is 3. The van der Waals surface area contributed by atoms with E-state index < -0.39 is 8.07 Å².